The van der Waals surface area contributed by atoms with Crippen LogP contribution in [0.4, 0.5) is 0 Å². The fraction of sp³-hybridized carbons (Fsp3) is 0.500. The van der Waals surface area contributed by atoms with E-state index in [0.29, 0.717) is 18.8 Å². The molecule has 0 aliphatic carbocycles. The first kappa shape index (κ1) is 10.7. The monoisotopic (exact) mass is 222 g/mol. The van der Waals surface area contributed by atoms with Gasteiger partial charge in [0.15, 0.2) is 0 Å². The highest BCUT2D eigenvalue weighted by molar-refractivity contribution is 5.92. The summed E-state index contributed by atoms with van der Waals surface area (Å²) in [5.41, 5.74) is 0.448. The van der Waals surface area contributed by atoms with E-state index in [1.165, 1.54) is 6.92 Å². The number of hydrogen-bond acceptors (Lipinski definition) is 3. The molecule has 16 heavy (non-hydrogen) atoms. The number of nitrogens with one attached hydrogen (secondary N) is 1. The number of aryl methyl sites for hydroxylation is 1. The standard InChI is InChI=1S/C10H14N4O2/c1-7(15)12-8-3-14(4-8)10(16)9-5-13(2)6-11-9/h5-6,8H,3-4H2,1-2H3,(H,12,15). The molecule has 0 spiro atoms. The van der Waals surface area contributed by atoms with Crippen molar-refractivity contribution in [3.8, 4) is 0 Å². The molecule has 0 radical (unpaired) electrons. The Morgan fingerprint density at radius 1 is 1.50 bits per heavy atom. The Morgan fingerprint density at radius 3 is 2.69 bits per heavy atom. The van der Waals surface area contributed by atoms with Crippen molar-refractivity contribution in [2.45, 2.75) is 13.0 Å². The molecule has 1 aliphatic rings. The third-order valence-electron chi connectivity index (χ3n) is 2.50. The number of rotatable bonds is 2. The molecule has 6 heteroatoms. The topological polar surface area (TPSA) is 67.2 Å². The van der Waals surface area contributed by atoms with E-state index < -0.39 is 0 Å². The Hall–Kier alpha value is -1.85. The highest BCUT2D eigenvalue weighted by Crippen LogP contribution is 2.11. The van der Waals surface area contributed by atoms with E-state index in [2.05, 4.69) is 10.3 Å². The van der Waals surface area contributed by atoms with Crippen molar-refractivity contribution in [1.29, 1.82) is 0 Å². The molecular weight excluding hydrogens is 208 g/mol. The molecule has 1 aliphatic heterocycles. The van der Waals surface area contributed by atoms with Gasteiger partial charge >= 0.3 is 0 Å². The van der Waals surface area contributed by atoms with Gasteiger partial charge in [-0.15, -0.1) is 0 Å². The van der Waals surface area contributed by atoms with Gasteiger partial charge in [0.25, 0.3) is 5.91 Å². The van der Waals surface area contributed by atoms with Crippen LogP contribution in [0.2, 0.25) is 0 Å². The number of hydrogen-bond donors (Lipinski definition) is 1. The van der Waals surface area contributed by atoms with Gasteiger partial charge in [0, 0.05) is 33.3 Å². The summed E-state index contributed by atoms with van der Waals surface area (Å²) in [5, 5.41) is 2.76. The molecule has 1 N–H and O–H groups in total. The van der Waals surface area contributed by atoms with Crippen LogP contribution in [0.5, 0.6) is 0 Å². The van der Waals surface area contributed by atoms with E-state index in [9.17, 15) is 9.59 Å². The van der Waals surface area contributed by atoms with E-state index in [-0.39, 0.29) is 17.9 Å². The van der Waals surface area contributed by atoms with Crippen molar-refractivity contribution in [3.05, 3.63) is 18.2 Å². The minimum Gasteiger partial charge on any atom is -0.350 e. The second-order valence-electron chi connectivity index (χ2n) is 4.03. The average molecular weight is 222 g/mol. The molecular formula is C10H14N4O2. The van der Waals surface area contributed by atoms with Gasteiger partial charge in [0.1, 0.15) is 5.69 Å². The van der Waals surface area contributed by atoms with Crippen LogP contribution in [0.1, 0.15) is 17.4 Å². The van der Waals surface area contributed by atoms with Crippen molar-refractivity contribution >= 4 is 11.8 Å². The molecule has 86 valence electrons. The van der Waals surface area contributed by atoms with Gasteiger partial charge < -0.3 is 14.8 Å². The van der Waals surface area contributed by atoms with Crippen molar-refractivity contribution < 1.29 is 9.59 Å². The van der Waals surface area contributed by atoms with E-state index in [1.54, 1.807) is 22.0 Å². The van der Waals surface area contributed by atoms with E-state index >= 15 is 0 Å². The maximum atomic E-state index is 11.8. The molecule has 2 amide bonds. The molecule has 0 atom stereocenters. The van der Waals surface area contributed by atoms with Crippen LogP contribution in [-0.4, -0.2) is 45.4 Å². The highest BCUT2D eigenvalue weighted by atomic mass is 16.2. The van der Waals surface area contributed by atoms with Crippen LogP contribution >= 0.6 is 0 Å². The number of imidazole rings is 1. The molecule has 0 unspecified atom stereocenters. The number of aromatic nitrogens is 2. The van der Waals surface area contributed by atoms with E-state index in [1.807, 2.05) is 7.05 Å². The van der Waals surface area contributed by atoms with Crippen LogP contribution in [0.25, 0.3) is 0 Å². The number of carbonyl (C=O) groups excluding carboxylic acids is 2. The second kappa shape index (κ2) is 3.96. The Balaban J connectivity index is 1.88. The van der Waals surface area contributed by atoms with Gasteiger partial charge in [0.2, 0.25) is 5.91 Å². The quantitative estimate of drug-likeness (QED) is 0.725. The zero-order chi connectivity index (χ0) is 11.7. The normalized spacial score (nSPS) is 15.8. The van der Waals surface area contributed by atoms with Crippen LogP contribution < -0.4 is 5.32 Å². The summed E-state index contributed by atoms with van der Waals surface area (Å²) in [6.45, 7) is 2.60. The van der Waals surface area contributed by atoms with Crippen molar-refractivity contribution in [2.24, 2.45) is 7.05 Å². The molecule has 1 aromatic rings. The third kappa shape index (κ3) is 2.05. The number of nitrogens with zero attached hydrogens (tertiary/aromatic N) is 3. The first-order chi connectivity index (χ1) is 7.56. The molecule has 0 saturated carbocycles. The molecule has 0 aromatic carbocycles. The van der Waals surface area contributed by atoms with Crippen molar-refractivity contribution in [1.82, 2.24) is 19.8 Å². The number of likely N-dealkylation sites (tertiary alicyclic amines) is 1. The summed E-state index contributed by atoms with van der Waals surface area (Å²) < 4.78 is 1.73. The highest BCUT2D eigenvalue weighted by Gasteiger charge is 2.32. The molecule has 2 heterocycles. The average Bonchev–Trinajstić information content (AvgIpc) is 2.56. The first-order valence-corrected chi connectivity index (χ1v) is 5.10. The Labute approximate surface area is 93.3 Å². The summed E-state index contributed by atoms with van der Waals surface area (Å²) in [7, 11) is 1.82. The van der Waals surface area contributed by atoms with E-state index in [4.69, 9.17) is 0 Å². The Morgan fingerprint density at radius 2 is 2.19 bits per heavy atom. The van der Waals surface area contributed by atoms with Crippen molar-refractivity contribution in [2.75, 3.05) is 13.1 Å². The lowest BCUT2D eigenvalue weighted by atomic mass is 10.1. The Bertz CT molecular complexity index is 420. The zero-order valence-electron chi connectivity index (χ0n) is 9.30. The molecule has 1 aromatic heterocycles. The largest absolute Gasteiger partial charge is 0.350 e. The van der Waals surface area contributed by atoms with Crippen molar-refractivity contribution in [3.63, 3.8) is 0 Å². The lowest BCUT2D eigenvalue weighted by molar-refractivity contribution is -0.120. The van der Waals surface area contributed by atoms with Gasteiger partial charge in [-0.1, -0.05) is 0 Å². The molecule has 1 saturated heterocycles. The summed E-state index contributed by atoms with van der Waals surface area (Å²) in [6, 6.07) is 0.0881. The molecule has 0 bridgehead atoms. The first-order valence-electron chi connectivity index (χ1n) is 5.10. The van der Waals surface area contributed by atoms with Gasteiger partial charge in [-0.3, -0.25) is 9.59 Å². The molecule has 6 nitrogen and oxygen atoms in total. The van der Waals surface area contributed by atoms with Crippen LogP contribution in [0, 0.1) is 0 Å². The zero-order valence-corrected chi connectivity index (χ0v) is 9.30. The Kier molecular flexibility index (Phi) is 2.64. The van der Waals surface area contributed by atoms with Crippen LogP contribution in [0.3, 0.4) is 0 Å². The van der Waals surface area contributed by atoms with E-state index in [0.717, 1.165) is 0 Å². The van der Waals surface area contributed by atoms with Gasteiger partial charge in [-0.25, -0.2) is 4.98 Å². The smallest absolute Gasteiger partial charge is 0.274 e. The fourth-order valence-electron chi connectivity index (χ4n) is 1.71. The summed E-state index contributed by atoms with van der Waals surface area (Å²) in [6.07, 6.45) is 3.28. The maximum absolute atomic E-state index is 11.8. The summed E-state index contributed by atoms with van der Waals surface area (Å²) in [4.78, 5) is 28.2. The molecule has 2 rings (SSSR count). The fourth-order valence-corrected chi connectivity index (χ4v) is 1.71. The van der Waals surface area contributed by atoms with Gasteiger partial charge in [0.05, 0.1) is 12.4 Å². The predicted octanol–water partition coefficient (Wildman–Crippen LogP) is -0.619. The maximum Gasteiger partial charge on any atom is 0.274 e. The third-order valence-corrected chi connectivity index (χ3v) is 2.50. The molecule has 1 fully saturated rings. The minimum atomic E-state index is -0.0813. The lowest BCUT2D eigenvalue weighted by Crippen LogP contribution is -2.60. The number of carbonyl (C=O) groups is 2. The predicted molar refractivity (Wildman–Crippen MR) is 56.7 cm³/mol. The van der Waals surface area contributed by atoms with Crippen LogP contribution in [-0.2, 0) is 11.8 Å². The van der Waals surface area contributed by atoms with Gasteiger partial charge in [-0.05, 0) is 0 Å². The minimum absolute atomic E-state index is 0.0602. The second-order valence-corrected chi connectivity index (χ2v) is 4.03. The lowest BCUT2D eigenvalue weighted by Gasteiger charge is -2.38. The summed E-state index contributed by atoms with van der Waals surface area (Å²) >= 11 is 0. The SMILES string of the molecule is CC(=O)NC1CN(C(=O)c2cn(C)cn2)C1. The van der Waals surface area contributed by atoms with Crippen LogP contribution in [0.15, 0.2) is 12.5 Å². The summed E-state index contributed by atoms with van der Waals surface area (Å²) in [5.74, 6) is -0.142. The number of amides is 2. The van der Waals surface area contributed by atoms with Gasteiger partial charge in [-0.2, -0.15) is 0 Å².